The number of nitrogens with zero attached hydrogens (tertiary/aromatic N) is 2. The number of nitrogens with one attached hydrogen (secondary N) is 1. The fourth-order valence-corrected chi connectivity index (χ4v) is 3.02. The highest BCUT2D eigenvalue weighted by molar-refractivity contribution is 6.62. The Hall–Kier alpha value is -1.44. The van der Waals surface area contributed by atoms with E-state index in [0.29, 0.717) is 5.82 Å². The maximum atomic E-state index is 12.4. The number of hydrogen-bond acceptors (Lipinski definition) is 5. The third-order valence-corrected chi connectivity index (χ3v) is 5.32. The van der Waals surface area contributed by atoms with Crippen molar-refractivity contribution >= 4 is 24.3 Å². The van der Waals surface area contributed by atoms with Crippen molar-refractivity contribution in [3.63, 3.8) is 0 Å². The van der Waals surface area contributed by atoms with Crippen molar-refractivity contribution in [2.45, 2.75) is 45.3 Å². The molecule has 0 radical (unpaired) electrons. The number of amides is 1. The molecule has 2 aliphatic heterocycles. The Balaban J connectivity index is 1.70. The van der Waals surface area contributed by atoms with Gasteiger partial charge in [-0.1, -0.05) is 0 Å². The molecule has 3 heterocycles. The van der Waals surface area contributed by atoms with Crippen LogP contribution in [0.15, 0.2) is 18.3 Å². The smallest absolute Gasteiger partial charge is 0.399 e. The number of carbonyl (C=O) groups excluding carboxylic acids is 1. The van der Waals surface area contributed by atoms with E-state index in [1.165, 1.54) is 0 Å². The second kappa shape index (κ2) is 6.13. The Morgan fingerprint density at radius 1 is 1.33 bits per heavy atom. The zero-order chi connectivity index (χ0) is 17.5. The summed E-state index contributed by atoms with van der Waals surface area (Å²) in [4.78, 5) is 18.8. The lowest BCUT2D eigenvalue weighted by atomic mass is 9.80. The minimum absolute atomic E-state index is 0.0253. The molecular weight excluding hydrogens is 305 g/mol. The quantitative estimate of drug-likeness (QED) is 0.845. The highest BCUT2D eigenvalue weighted by Crippen LogP contribution is 2.36. The fourth-order valence-electron chi connectivity index (χ4n) is 3.02. The van der Waals surface area contributed by atoms with Gasteiger partial charge in [-0.15, -0.1) is 0 Å². The lowest BCUT2D eigenvalue weighted by Crippen LogP contribution is -2.41. The largest absolute Gasteiger partial charge is 0.495 e. The van der Waals surface area contributed by atoms with E-state index < -0.39 is 18.3 Å². The van der Waals surface area contributed by atoms with Gasteiger partial charge in [0.2, 0.25) is 5.91 Å². The predicted molar refractivity (Wildman–Crippen MR) is 94.2 cm³/mol. The van der Waals surface area contributed by atoms with Crippen LogP contribution in [-0.4, -0.2) is 54.2 Å². The number of likely N-dealkylation sites (tertiary alicyclic amines) is 1. The molecule has 1 aromatic rings. The van der Waals surface area contributed by atoms with Gasteiger partial charge in [0, 0.05) is 12.7 Å². The molecule has 2 fully saturated rings. The molecule has 1 N–H and O–H groups in total. The van der Waals surface area contributed by atoms with Gasteiger partial charge in [0.1, 0.15) is 5.82 Å². The summed E-state index contributed by atoms with van der Waals surface area (Å²) in [7, 11) is 1.58. The SMILES string of the molecule is CN1CCC(C(=O)Nc2cc(B3OC(C)(C)C(C)(C)O3)ccn2)C1. The van der Waals surface area contributed by atoms with Crippen LogP contribution in [0.2, 0.25) is 0 Å². The lowest BCUT2D eigenvalue weighted by molar-refractivity contribution is -0.119. The van der Waals surface area contributed by atoms with Crippen LogP contribution in [0.4, 0.5) is 5.82 Å². The minimum atomic E-state index is -0.453. The Morgan fingerprint density at radius 3 is 2.58 bits per heavy atom. The average Bonchev–Trinajstić information content (AvgIpc) is 3.01. The van der Waals surface area contributed by atoms with Crippen LogP contribution in [-0.2, 0) is 14.1 Å². The molecule has 0 saturated carbocycles. The van der Waals surface area contributed by atoms with Crippen LogP contribution < -0.4 is 10.8 Å². The molecule has 24 heavy (non-hydrogen) atoms. The van der Waals surface area contributed by atoms with Gasteiger partial charge in [-0.25, -0.2) is 4.98 Å². The number of anilines is 1. The third-order valence-electron chi connectivity index (χ3n) is 5.32. The summed E-state index contributed by atoms with van der Waals surface area (Å²) in [6.45, 7) is 9.84. The normalized spacial score (nSPS) is 25.9. The average molecular weight is 331 g/mol. The van der Waals surface area contributed by atoms with Crippen LogP contribution in [0.3, 0.4) is 0 Å². The van der Waals surface area contributed by atoms with Gasteiger partial charge in [-0.2, -0.15) is 0 Å². The Bertz CT molecular complexity index is 619. The molecule has 1 amide bonds. The van der Waals surface area contributed by atoms with E-state index in [1.54, 1.807) is 6.20 Å². The standard InChI is InChI=1S/C17H26BN3O3/c1-16(2)17(3,4)24-18(23-16)13-6-8-19-14(10-13)20-15(22)12-7-9-21(5)11-12/h6,8,10,12H,7,9,11H2,1-5H3,(H,19,20,22). The van der Waals surface area contributed by atoms with Crippen molar-refractivity contribution in [1.82, 2.24) is 9.88 Å². The molecule has 7 heteroatoms. The van der Waals surface area contributed by atoms with Crippen molar-refractivity contribution in [2.24, 2.45) is 5.92 Å². The zero-order valence-electron chi connectivity index (χ0n) is 15.1. The molecule has 6 nitrogen and oxygen atoms in total. The first-order valence-corrected chi connectivity index (χ1v) is 8.49. The maximum absolute atomic E-state index is 12.4. The van der Waals surface area contributed by atoms with Crippen molar-refractivity contribution in [1.29, 1.82) is 0 Å². The first-order valence-electron chi connectivity index (χ1n) is 8.49. The van der Waals surface area contributed by atoms with Crippen molar-refractivity contribution in [2.75, 3.05) is 25.5 Å². The summed E-state index contributed by atoms with van der Waals surface area (Å²) in [5, 5.41) is 2.92. The molecule has 2 aliphatic rings. The lowest BCUT2D eigenvalue weighted by Gasteiger charge is -2.32. The van der Waals surface area contributed by atoms with E-state index in [9.17, 15) is 4.79 Å². The van der Waals surface area contributed by atoms with Crippen LogP contribution in [0.5, 0.6) is 0 Å². The van der Waals surface area contributed by atoms with Gasteiger partial charge >= 0.3 is 7.12 Å². The van der Waals surface area contributed by atoms with Crippen LogP contribution >= 0.6 is 0 Å². The molecule has 130 valence electrons. The summed E-state index contributed by atoms with van der Waals surface area (Å²) in [5.41, 5.74) is 0.0832. The van der Waals surface area contributed by atoms with Gasteiger partial charge < -0.3 is 19.5 Å². The molecule has 0 aliphatic carbocycles. The van der Waals surface area contributed by atoms with Crippen LogP contribution in [0, 0.1) is 5.92 Å². The number of carbonyl (C=O) groups is 1. The third kappa shape index (κ3) is 3.34. The van der Waals surface area contributed by atoms with Gasteiger partial charge in [0.25, 0.3) is 0 Å². The van der Waals surface area contributed by atoms with Crippen molar-refractivity contribution in [3.05, 3.63) is 18.3 Å². The maximum Gasteiger partial charge on any atom is 0.495 e. The van der Waals surface area contributed by atoms with Gasteiger partial charge in [0.15, 0.2) is 0 Å². The molecule has 0 spiro atoms. The Kier molecular flexibility index (Phi) is 4.44. The number of hydrogen-bond donors (Lipinski definition) is 1. The second-order valence-electron chi connectivity index (χ2n) is 7.80. The second-order valence-corrected chi connectivity index (χ2v) is 7.80. The van der Waals surface area contributed by atoms with Crippen molar-refractivity contribution in [3.8, 4) is 0 Å². The van der Waals surface area contributed by atoms with E-state index in [0.717, 1.165) is 25.0 Å². The molecule has 0 aromatic carbocycles. The highest BCUT2D eigenvalue weighted by atomic mass is 16.7. The molecular formula is C17H26BN3O3. The first kappa shape index (κ1) is 17.4. The molecule has 0 bridgehead atoms. The predicted octanol–water partition coefficient (Wildman–Crippen LogP) is 1.27. The topological polar surface area (TPSA) is 63.7 Å². The molecule has 2 saturated heterocycles. The zero-order valence-corrected chi connectivity index (χ0v) is 15.1. The van der Waals surface area contributed by atoms with E-state index in [4.69, 9.17) is 9.31 Å². The van der Waals surface area contributed by atoms with E-state index in [2.05, 4.69) is 15.2 Å². The van der Waals surface area contributed by atoms with Crippen LogP contribution in [0.25, 0.3) is 0 Å². The van der Waals surface area contributed by atoms with Crippen molar-refractivity contribution < 1.29 is 14.1 Å². The number of rotatable bonds is 3. The summed E-state index contributed by atoms with van der Waals surface area (Å²) in [6.07, 6.45) is 2.57. The van der Waals surface area contributed by atoms with Gasteiger partial charge in [-0.05, 0) is 65.3 Å². The van der Waals surface area contributed by atoms with E-state index in [1.807, 2.05) is 46.9 Å². The molecule has 1 unspecified atom stereocenters. The first-order chi connectivity index (χ1) is 11.2. The summed E-state index contributed by atoms with van der Waals surface area (Å²) >= 11 is 0. The number of aromatic nitrogens is 1. The summed E-state index contributed by atoms with van der Waals surface area (Å²) in [6, 6.07) is 3.69. The van der Waals surface area contributed by atoms with Crippen LogP contribution in [0.1, 0.15) is 34.1 Å². The Labute approximate surface area is 144 Å². The summed E-state index contributed by atoms with van der Waals surface area (Å²) < 4.78 is 12.1. The van der Waals surface area contributed by atoms with E-state index >= 15 is 0 Å². The fraction of sp³-hybridized carbons (Fsp3) is 0.647. The van der Waals surface area contributed by atoms with Gasteiger partial charge in [0.05, 0.1) is 17.1 Å². The Morgan fingerprint density at radius 2 is 2.00 bits per heavy atom. The number of pyridine rings is 1. The molecule has 3 rings (SSSR count). The summed E-state index contributed by atoms with van der Waals surface area (Å²) in [5.74, 6) is 0.594. The molecule has 1 atom stereocenters. The monoisotopic (exact) mass is 331 g/mol. The minimum Gasteiger partial charge on any atom is -0.399 e. The highest BCUT2D eigenvalue weighted by Gasteiger charge is 2.51. The van der Waals surface area contributed by atoms with Gasteiger partial charge in [-0.3, -0.25) is 4.79 Å². The van der Waals surface area contributed by atoms with E-state index in [-0.39, 0.29) is 11.8 Å². The molecule has 1 aromatic heterocycles.